The number of urea groups is 1. The second-order valence-corrected chi connectivity index (χ2v) is 8.57. The predicted octanol–water partition coefficient (Wildman–Crippen LogP) is 3.40. The number of imide groups is 1. The lowest BCUT2D eigenvalue weighted by Crippen LogP contribution is -2.63. The Morgan fingerprint density at radius 1 is 1.22 bits per heavy atom. The van der Waals surface area contributed by atoms with Crippen molar-refractivity contribution in [3.8, 4) is 0 Å². The molecule has 0 radical (unpaired) electrons. The lowest BCUT2D eigenvalue weighted by atomic mass is 10.1. The Kier molecular flexibility index (Phi) is 6.57. The number of carbonyl (C=O) groups excluding carboxylic acids is 2. The molecule has 10 heteroatoms. The number of likely N-dealkylation sites (N-methyl/N-ethyl adjacent to an activating group) is 1. The number of hydrogen-bond donors (Lipinski definition) is 2. The Bertz CT molecular complexity index is 1120. The first-order valence-electron chi connectivity index (χ1n) is 9.81. The fraction of sp³-hybridized carbons (Fsp3) is 0.182. The van der Waals surface area contributed by atoms with Gasteiger partial charge in [0.15, 0.2) is 12.2 Å². The van der Waals surface area contributed by atoms with Crippen molar-refractivity contribution in [2.24, 2.45) is 10.1 Å². The molecule has 2 unspecified atom stereocenters. The van der Waals surface area contributed by atoms with Crippen molar-refractivity contribution in [2.45, 2.75) is 18.8 Å². The molecule has 1 saturated heterocycles. The minimum Gasteiger partial charge on any atom is -0.321 e. The summed E-state index contributed by atoms with van der Waals surface area (Å²) in [6, 6.07) is 16.0. The average molecular weight is 516 g/mol. The van der Waals surface area contributed by atoms with Gasteiger partial charge in [-0.25, -0.2) is 15.2 Å². The molecule has 2 aromatic carbocycles. The van der Waals surface area contributed by atoms with E-state index in [-0.39, 0.29) is 0 Å². The lowest BCUT2D eigenvalue weighted by molar-refractivity contribution is -0.127. The standard InChI is InChI=1S/C22H20BrClN6O2/c1-29-19-18(20(31)27-22(29)32)30(13-15-9-5-6-10-17(15)24)21(26-19)28-25-12-16(23)11-14-7-3-2-4-8-14/h2-12,18-19H,13H2,1H3,(H,26,28)(H,27,31,32)/b16-11+,25-12+. The van der Waals surface area contributed by atoms with Crippen LogP contribution in [-0.2, 0) is 11.3 Å². The molecule has 2 N–H and O–H groups in total. The molecule has 32 heavy (non-hydrogen) atoms. The van der Waals surface area contributed by atoms with E-state index in [9.17, 15) is 9.59 Å². The summed E-state index contributed by atoms with van der Waals surface area (Å²) in [7, 11) is 1.60. The fourth-order valence-electron chi connectivity index (χ4n) is 3.50. The Morgan fingerprint density at radius 2 is 1.94 bits per heavy atom. The summed E-state index contributed by atoms with van der Waals surface area (Å²) in [6.07, 6.45) is 2.85. The number of aliphatic imine (C=N–C) groups is 1. The van der Waals surface area contributed by atoms with E-state index < -0.39 is 24.1 Å². The molecule has 2 aliphatic heterocycles. The van der Waals surface area contributed by atoms with E-state index in [1.54, 1.807) is 24.2 Å². The highest BCUT2D eigenvalue weighted by atomic mass is 79.9. The zero-order valence-corrected chi connectivity index (χ0v) is 19.4. The number of guanidine groups is 1. The van der Waals surface area contributed by atoms with Gasteiger partial charge in [-0.05, 0) is 39.2 Å². The Balaban J connectivity index is 1.57. The number of carbonyl (C=O) groups is 2. The minimum absolute atomic E-state index is 0.318. The molecular weight excluding hydrogens is 496 g/mol. The number of hydrogen-bond acceptors (Lipinski definition) is 6. The molecule has 0 bridgehead atoms. The first-order valence-corrected chi connectivity index (χ1v) is 11.0. The summed E-state index contributed by atoms with van der Waals surface area (Å²) >= 11 is 9.82. The Labute approximate surface area is 198 Å². The molecule has 0 saturated carbocycles. The number of fused-ring (bicyclic) bond motifs is 1. The van der Waals surface area contributed by atoms with Gasteiger partial charge in [0, 0.05) is 23.1 Å². The van der Waals surface area contributed by atoms with Crippen molar-refractivity contribution < 1.29 is 9.59 Å². The first kappa shape index (κ1) is 22.0. The van der Waals surface area contributed by atoms with Crippen LogP contribution in [0.2, 0.25) is 5.02 Å². The molecule has 8 nitrogen and oxygen atoms in total. The van der Waals surface area contributed by atoms with Crippen LogP contribution in [0, 0.1) is 0 Å². The van der Waals surface area contributed by atoms with E-state index in [1.165, 1.54) is 4.90 Å². The number of amides is 3. The molecular formula is C22H20BrClN6O2. The molecule has 0 aromatic heterocycles. The molecule has 3 amide bonds. The van der Waals surface area contributed by atoms with Gasteiger partial charge < -0.3 is 9.80 Å². The third-order valence-corrected chi connectivity index (χ3v) is 5.92. The number of allylic oxidation sites excluding steroid dienone is 1. The summed E-state index contributed by atoms with van der Waals surface area (Å²) in [4.78, 5) is 32.5. The normalized spacial score (nSPS) is 21.0. The molecule has 2 atom stereocenters. The van der Waals surface area contributed by atoms with Gasteiger partial charge in [0.05, 0.1) is 6.21 Å². The van der Waals surface area contributed by atoms with Crippen LogP contribution in [0.3, 0.4) is 0 Å². The van der Waals surface area contributed by atoms with Crippen LogP contribution < -0.4 is 10.7 Å². The SMILES string of the molecule is CN1C(=O)NC(=O)C2C1N=C(N/N=C/C(Br)=C\c1ccccc1)N2Cc1ccccc1Cl. The number of halogens is 2. The second kappa shape index (κ2) is 9.54. The van der Waals surface area contributed by atoms with Crippen LogP contribution in [0.1, 0.15) is 11.1 Å². The first-order chi connectivity index (χ1) is 15.4. The van der Waals surface area contributed by atoms with Gasteiger partial charge in [0.25, 0.3) is 5.91 Å². The molecule has 4 rings (SSSR count). The quantitative estimate of drug-likeness (QED) is 0.472. The zero-order chi connectivity index (χ0) is 22.7. The van der Waals surface area contributed by atoms with Crippen LogP contribution in [-0.4, -0.2) is 53.2 Å². The molecule has 1 fully saturated rings. The maximum atomic E-state index is 12.7. The average Bonchev–Trinajstić information content (AvgIpc) is 3.13. The van der Waals surface area contributed by atoms with Crippen LogP contribution >= 0.6 is 27.5 Å². The van der Waals surface area contributed by atoms with E-state index in [1.807, 2.05) is 54.6 Å². The van der Waals surface area contributed by atoms with E-state index in [2.05, 4.69) is 36.8 Å². The maximum absolute atomic E-state index is 12.7. The highest BCUT2D eigenvalue weighted by Crippen LogP contribution is 2.27. The van der Waals surface area contributed by atoms with E-state index in [4.69, 9.17) is 11.6 Å². The topological polar surface area (TPSA) is 89.4 Å². The fourth-order valence-corrected chi connectivity index (χ4v) is 4.06. The van der Waals surface area contributed by atoms with Gasteiger partial charge >= 0.3 is 6.03 Å². The monoisotopic (exact) mass is 514 g/mol. The highest BCUT2D eigenvalue weighted by molar-refractivity contribution is 9.12. The molecule has 0 aliphatic carbocycles. The van der Waals surface area contributed by atoms with Crippen molar-refractivity contribution in [1.82, 2.24) is 20.5 Å². The van der Waals surface area contributed by atoms with Crippen molar-refractivity contribution in [3.05, 3.63) is 75.2 Å². The zero-order valence-electron chi connectivity index (χ0n) is 17.1. The van der Waals surface area contributed by atoms with Crippen LogP contribution in [0.15, 0.2) is 69.2 Å². The van der Waals surface area contributed by atoms with E-state index in [0.29, 0.717) is 17.5 Å². The number of nitrogens with zero attached hydrogens (tertiary/aromatic N) is 4. The van der Waals surface area contributed by atoms with Crippen molar-refractivity contribution in [3.63, 3.8) is 0 Å². The third-order valence-electron chi connectivity index (χ3n) is 5.12. The van der Waals surface area contributed by atoms with Gasteiger partial charge in [0.1, 0.15) is 0 Å². The second-order valence-electron chi connectivity index (χ2n) is 7.25. The molecule has 2 heterocycles. The van der Waals surface area contributed by atoms with Crippen molar-refractivity contribution in [2.75, 3.05) is 7.05 Å². The summed E-state index contributed by atoms with van der Waals surface area (Å²) in [5.41, 5.74) is 4.76. The van der Waals surface area contributed by atoms with Gasteiger partial charge in [-0.3, -0.25) is 10.1 Å². The summed E-state index contributed by atoms with van der Waals surface area (Å²) in [5, 5.41) is 7.21. The summed E-state index contributed by atoms with van der Waals surface area (Å²) in [6.45, 7) is 0.318. The molecule has 164 valence electrons. The minimum atomic E-state index is -0.699. The highest BCUT2D eigenvalue weighted by Gasteiger charge is 2.48. The largest absolute Gasteiger partial charge is 0.325 e. The molecule has 0 spiro atoms. The van der Waals surface area contributed by atoms with E-state index in [0.717, 1.165) is 15.6 Å². The maximum Gasteiger partial charge on any atom is 0.325 e. The predicted molar refractivity (Wildman–Crippen MR) is 128 cm³/mol. The molecule has 2 aromatic rings. The number of benzene rings is 2. The summed E-state index contributed by atoms with van der Waals surface area (Å²) in [5.74, 6) is -0.0484. The summed E-state index contributed by atoms with van der Waals surface area (Å²) < 4.78 is 0.745. The van der Waals surface area contributed by atoms with Crippen LogP contribution in [0.25, 0.3) is 6.08 Å². The third kappa shape index (κ3) is 4.68. The van der Waals surface area contributed by atoms with Gasteiger partial charge in [-0.1, -0.05) is 60.1 Å². The number of hydrazone groups is 1. The van der Waals surface area contributed by atoms with Gasteiger partial charge in [-0.15, -0.1) is 0 Å². The Hall–Kier alpha value is -3.17. The number of rotatable bonds is 5. The van der Waals surface area contributed by atoms with Crippen molar-refractivity contribution >= 4 is 57.7 Å². The lowest BCUT2D eigenvalue weighted by Gasteiger charge is -2.36. The smallest absolute Gasteiger partial charge is 0.321 e. The Morgan fingerprint density at radius 3 is 2.69 bits per heavy atom. The van der Waals surface area contributed by atoms with Crippen LogP contribution in [0.5, 0.6) is 0 Å². The molecule has 2 aliphatic rings. The van der Waals surface area contributed by atoms with Crippen LogP contribution in [0.4, 0.5) is 4.79 Å². The van der Waals surface area contributed by atoms with E-state index >= 15 is 0 Å². The number of nitrogens with one attached hydrogen (secondary N) is 2. The van der Waals surface area contributed by atoms with Gasteiger partial charge in [0.2, 0.25) is 5.96 Å². The van der Waals surface area contributed by atoms with Crippen molar-refractivity contribution in [1.29, 1.82) is 0 Å². The van der Waals surface area contributed by atoms with Gasteiger partial charge in [-0.2, -0.15) is 5.10 Å².